The molecular weight excluding hydrogens is 228 g/mol. The molecule has 3 heteroatoms. The van der Waals surface area contributed by atoms with E-state index in [0.29, 0.717) is 0 Å². The van der Waals surface area contributed by atoms with Crippen molar-refractivity contribution in [2.45, 2.75) is 83.3 Å². The molecule has 2 heterocycles. The normalized spacial score (nSPS) is 34.1. The zero-order valence-electron chi connectivity index (χ0n) is 11.5. The summed E-state index contributed by atoms with van der Waals surface area (Å²) in [6.07, 6.45) is 11.1. The number of carbonyl (C=O) groups is 1. The molecule has 2 rings (SSSR count). The molecule has 3 unspecified atom stereocenters. The van der Waals surface area contributed by atoms with Crippen LogP contribution in [0.15, 0.2) is 0 Å². The summed E-state index contributed by atoms with van der Waals surface area (Å²) in [6.45, 7) is 2.21. The van der Waals surface area contributed by atoms with Crippen LogP contribution in [0.4, 0.5) is 0 Å². The van der Waals surface area contributed by atoms with Gasteiger partial charge in [0.05, 0.1) is 17.6 Å². The summed E-state index contributed by atoms with van der Waals surface area (Å²) in [7, 11) is 0. The Labute approximate surface area is 110 Å². The molecule has 104 valence electrons. The first-order chi connectivity index (χ1) is 8.69. The highest BCUT2D eigenvalue weighted by molar-refractivity contribution is 5.76. The highest BCUT2D eigenvalue weighted by Gasteiger charge is 2.56. The smallest absolute Gasteiger partial charge is 0.312 e. The Morgan fingerprint density at radius 2 is 1.94 bits per heavy atom. The molecule has 0 saturated carbocycles. The number of unbranched alkanes of at least 4 members (excludes halogenated alkanes) is 5. The van der Waals surface area contributed by atoms with Crippen molar-refractivity contribution < 1.29 is 14.6 Å². The fraction of sp³-hybridized carbons (Fsp3) is 0.933. The first kappa shape index (κ1) is 13.9. The van der Waals surface area contributed by atoms with Crippen LogP contribution in [-0.4, -0.2) is 23.3 Å². The van der Waals surface area contributed by atoms with Crippen LogP contribution in [-0.2, 0) is 9.53 Å². The maximum atomic E-state index is 11.6. The van der Waals surface area contributed by atoms with Crippen LogP contribution in [0.5, 0.6) is 0 Å². The summed E-state index contributed by atoms with van der Waals surface area (Å²) in [6, 6.07) is 0. The highest BCUT2D eigenvalue weighted by atomic mass is 16.5. The number of ether oxygens (including phenoxy) is 1. The summed E-state index contributed by atoms with van der Waals surface area (Å²) in [4.78, 5) is 11.6. The van der Waals surface area contributed by atoms with Crippen molar-refractivity contribution in [2.75, 3.05) is 0 Å². The third kappa shape index (κ3) is 2.71. The van der Waals surface area contributed by atoms with E-state index in [0.717, 1.165) is 32.1 Å². The van der Waals surface area contributed by atoms with Gasteiger partial charge in [-0.1, -0.05) is 45.4 Å². The lowest BCUT2D eigenvalue weighted by Crippen LogP contribution is -2.40. The predicted octanol–water partition coefficient (Wildman–Crippen LogP) is 3.76. The van der Waals surface area contributed by atoms with E-state index in [1.807, 2.05) is 0 Å². The van der Waals surface area contributed by atoms with Gasteiger partial charge in [-0.05, 0) is 25.7 Å². The van der Waals surface area contributed by atoms with Crippen molar-refractivity contribution in [3.05, 3.63) is 0 Å². The van der Waals surface area contributed by atoms with Crippen LogP contribution in [0, 0.1) is 5.41 Å². The van der Waals surface area contributed by atoms with E-state index < -0.39 is 11.4 Å². The first-order valence-electron chi connectivity index (χ1n) is 7.58. The maximum Gasteiger partial charge on any atom is 0.312 e. The number of hydrogen-bond acceptors (Lipinski definition) is 2. The van der Waals surface area contributed by atoms with Crippen molar-refractivity contribution >= 4 is 5.97 Å². The van der Waals surface area contributed by atoms with Gasteiger partial charge in [0.15, 0.2) is 0 Å². The Morgan fingerprint density at radius 3 is 2.50 bits per heavy atom. The topological polar surface area (TPSA) is 46.5 Å². The molecule has 0 amide bonds. The van der Waals surface area contributed by atoms with Crippen molar-refractivity contribution in [2.24, 2.45) is 5.41 Å². The minimum absolute atomic E-state index is 0.00404. The minimum Gasteiger partial charge on any atom is -0.481 e. The van der Waals surface area contributed by atoms with Gasteiger partial charge < -0.3 is 9.84 Å². The van der Waals surface area contributed by atoms with Gasteiger partial charge >= 0.3 is 5.97 Å². The predicted molar refractivity (Wildman–Crippen MR) is 70.6 cm³/mol. The number of carboxylic acids is 1. The first-order valence-corrected chi connectivity index (χ1v) is 7.58. The molecule has 0 aromatic rings. The molecule has 2 bridgehead atoms. The van der Waals surface area contributed by atoms with Crippen molar-refractivity contribution in [1.82, 2.24) is 0 Å². The molecule has 3 atom stereocenters. The SMILES string of the molecule is CCCCCCCCC1(C(=O)O)CC2CCC1O2. The van der Waals surface area contributed by atoms with E-state index in [4.69, 9.17) is 4.74 Å². The minimum atomic E-state index is -0.622. The number of fused-ring (bicyclic) bond motifs is 2. The summed E-state index contributed by atoms with van der Waals surface area (Å²) >= 11 is 0. The highest BCUT2D eigenvalue weighted by Crippen LogP contribution is 2.50. The Hall–Kier alpha value is -0.570. The molecule has 0 aliphatic carbocycles. The number of carboxylic acid groups (broad SMARTS) is 1. The van der Waals surface area contributed by atoms with E-state index in [2.05, 4.69) is 6.92 Å². The maximum absolute atomic E-state index is 11.6. The van der Waals surface area contributed by atoms with Crippen molar-refractivity contribution in [3.8, 4) is 0 Å². The van der Waals surface area contributed by atoms with Crippen LogP contribution < -0.4 is 0 Å². The van der Waals surface area contributed by atoms with E-state index in [1.165, 1.54) is 32.1 Å². The molecule has 2 aliphatic heterocycles. The third-order valence-corrected chi connectivity index (χ3v) is 4.72. The third-order valence-electron chi connectivity index (χ3n) is 4.72. The number of aliphatic carboxylic acids is 1. The summed E-state index contributed by atoms with van der Waals surface area (Å²) in [5.41, 5.74) is -0.548. The molecular formula is C15H26O3. The van der Waals surface area contributed by atoms with Gasteiger partial charge in [-0.2, -0.15) is 0 Å². The second-order valence-corrected chi connectivity index (χ2v) is 6.01. The second kappa shape index (κ2) is 6.05. The fourth-order valence-corrected chi connectivity index (χ4v) is 3.62. The summed E-state index contributed by atoms with van der Waals surface area (Å²) in [5.74, 6) is -0.622. The average Bonchev–Trinajstić information content (AvgIpc) is 2.94. The monoisotopic (exact) mass is 254 g/mol. The molecule has 2 fully saturated rings. The Balaban J connectivity index is 1.76. The van der Waals surface area contributed by atoms with Crippen molar-refractivity contribution in [3.63, 3.8) is 0 Å². The lowest BCUT2D eigenvalue weighted by molar-refractivity contribution is -0.153. The van der Waals surface area contributed by atoms with Crippen LogP contribution in [0.1, 0.15) is 71.1 Å². The van der Waals surface area contributed by atoms with Gasteiger partial charge in [-0.3, -0.25) is 4.79 Å². The molecule has 2 aliphatic rings. The molecule has 0 radical (unpaired) electrons. The molecule has 0 aromatic heterocycles. The van der Waals surface area contributed by atoms with E-state index in [-0.39, 0.29) is 12.2 Å². The average molecular weight is 254 g/mol. The summed E-state index contributed by atoms with van der Waals surface area (Å²) in [5, 5.41) is 9.55. The van der Waals surface area contributed by atoms with Crippen LogP contribution in [0.2, 0.25) is 0 Å². The zero-order chi connectivity index (χ0) is 13.0. The lowest BCUT2D eigenvalue weighted by atomic mass is 9.70. The Bertz CT molecular complexity index is 289. The quantitative estimate of drug-likeness (QED) is 0.671. The van der Waals surface area contributed by atoms with E-state index in [9.17, 15) is 9.90 Å². The number of rotatable bonds is 8. The zero-order valence-corrected chi connectivity index (χ0v) is 11.5. The molecule has 1 N–H and O–H groups in total. The molecule has 18 heavy (non-hydrogen) atoms. The molecule has 0 spiro atoms. The lowest BCUT2D eigenvalue weighted by Gasteiger charge is -2.30. The van der Waals surface area contributed by atoms with Crippen molar-refractivity contribution in [1.29, 1.82) is 0 Å². The largest absolute Gasteiger partial charge is 0.481 e. The summed E-state index contributed by atoms with van der Waals surface area (Å²) < 4.78 is 5.76. The Kier molecular flexibility index (Phi) is 4.66. The van der Waals surface area contributed by atoms with Gasteiger partial charge in [-0.15, -0.1) is 0 Å². The fourth-order valence-electron chi connectivity index (χ4n) is 3.62. The van der Waals surface area contributed by atoms with Crippen LogP contribution in [0.25, 0.3) is 0 Å². The van der Waals surface area contributed by atoms with Gasteiger partial charge in [0.25, 0.3) is 0 Å². The van der Waals surface area contributed by atoms with E-state index >= 15 is 0 Å². The number of hydrogen-bond donors (Lipinski definition) is 1. The van der Waals surface area contributed by atoms with Gasteiger partial charge in [0.2, 0.25) is 0 Å². The molecule has 3 nitrogen and oxygen atoms in total. The van der Waals surface area contributed by atoms with E-state index in [1.54, 1.807) is 0 Å². The Morgan fingerprint density at radius 1 is 1.22 bits per heavy atom. The standard InChI is InChI=1S/C15H26O3/c1-2-3-4-5-6-7-10-15(14(16)17)11-12-8-9-13(15)18-12/h12-13H,2-11H2,1H3,(H,16,17). The molecule has 2 saturated heterocycles. The van der Waals surface area contributed by atoms with Gasteiger partial charge in [0, 0.05) is 0 Å². The molecule has 0 aromatic carbocycles. The second-order valence-electron chi connectivity index (χ2n) is 6.01. The van der Waals surface area contributed by atoms with Gasteiger partial charge in [0.1, 0.15) is 0 Å². The van der Waals surface area contributed by atoms with Crippen LogP contribution in [0.3, 0.4) is 0 Å². The van der Waals surface area contributed by atoms with Crippen LogP contribution >= 0.6 is 0 Å². The van der Waals surface area contributed by atoms with Gasteiger partial charge in [-0.25, -0.2) is 0 Å².